The van der Waals surface area contributed by atoms with E-state index in [4.69, 9.17) is 4.74 Å². The van der Waals surface area contributed by atoms with Crippen LogP contribution in [-0.4, -0.2) is 25.3 Å². The predicted octanol–water partition coefficient (Wildman–Crippen LogP) is 3.61. The van der Waals surface area contributed by atoms with E-state index in [0.29, 0.717) is 18.1 Å². The second-order valence-electron chi connectivity index (χ2n) is 5.89. The van der Waals surface area contributed by atoms with Crippen LogP contribution in [0.25, 0.3) is 0 Å². The molecule has 0 radical (unpaired) electrons. The van der Waals surface area contributed by atoms with Crippen LogP contribution in [0.1, 0.15) is 59.8 Å². The normalized spacial score (nSPS) is 21.0. The molecule has 0 aromatic rings. The van der Waals surface area contributed by atoms with Crippen LogP contribution >= 0.6 is 0 Å². The highest BCUT2D eigenvalue weighted by Gasteiger charge is 2.25. The molecule has 1 aliphatic carbocycles. The monoisotopic (exact) mass is 241 g/mol. The Balaban J connectivity index is 2.34. The summed E-state index contributed by atoms with van der Waals surface area (Å²) in [6, 6.07) is 0.582. The first-order valence-corrected chi connectivity index (χ1v) is 7.50. The van der Waals surface area contributed by atoms with Crippen LogP contribution in [0.2, 0.25) is 0 Å². The average molecular weight is 241 g/mol. The van der Waals surface area contributed by atoms with Crippen LogP contribution in [0.3, 0.4) is 0 Å². The fourth-order valence-electron chi connectivity index (χ4n) is 2.50. The lowest BCUT2D eigenvalue weighted by molar-refractivity contribution is 0.0130. The maximum absolute atomic E-state index is 6.01. The molecule has 1 rings (SSSR count). The van der Waals surface area contributed by atoms with Crippen molar-refractivity contribution in [2.45, 2.75) is 71.9 Å². The number of hydrogen-bond acceptors (Lipinski definition) is 2. The Hall–Kier alpha value is -0.0800. The van der Waals surface area contributed by atoms with E-state index in [1.54, 1.807) is 0 Å². The van der Waals surface area contributed by atoms with Gasteiger partial charge in [-0.1, -0.05) is 33.6 Å². The average Bonchev–Trinajstić information content (AvgIpc) is 2.82. The summed E-state index contributed by atoms with van der Waals surface area (Å²) in [6.07, 6.45) is 7.19. The van der Waals surface area contributed by atoms with Crippen molar-refractivity contribution in [1.82, 2.24) is 5.32 Å². The van der Waals surface area contributed by atoms with Crippen LogP contribution in [0.4, 0.5) is 0 Å². The van der Waals surface area contributed by atoms with Gasteiger partial charge in [-0.3, -0.25) is 0 Å². The first-order chi connectivity index (χ1) is 8.15. The van der Waals surface area contributed by atoms with E-state index in [9.17, 15) is 0 Å². The van der Waals surface area contributed by atoms with E-state index in [1.807, 2.05) is 0 Å². The van der Waals surface area contributed by atoms with Crippen LogP contribution < -0.4 is 5.32 Å². The Morgan fingerprint density at radius 2 is 1.82 bits per heavy atom. The van der Waals surface area contributed by atoms with Gasteiger partial charge in [0.05, 0.1) is 12.7 Å². The minimum absolute atomic E-state index is 0.377. The van der Waals surface area contributed by atoms with Gasteiger partial charge in [-0.25, -0.2) is 0 Å². The third-order valence-electron chi connectivity index (χ3n) is 4.10. The van der Waals surface area contributed by atoms with Crippen molar-refractivity contribution >= 4 is 0 Å². The van der Waals surface area contributed by atoms with Crippen molar-refractivity contribution in [3.05, 3.63) is 0 Å². The van der Waals surface area contributed by atoms with E-state index in [2.05, 4.69) is 33.0 Å². The maximum atomic E-state index is 6.01. The lowest BCUT2D eigenvalue weighted by Gasteiger charge is -2.27. The molecule has 1 fully saturated rings. The van der Waals surface area contributed by atoms with Gasteiger partial charge in [0.25, 0.3) is 0 Å². The summed E-state index contributed by atoms with van der Waals surface area (Å²) in [4.78, 5) is 0. The lowest BCUT2D eigenvalue weighted by atomic mass is 9.98. The van der Waals surface area contributed by atoms with Crippen LogP contribution in [-0.2, 0) is 4.74 Å². The van der Waals surface area contributed by atoms with E-state index in [-0.39, 0.29) is 0 Å². The SMILES string of the molecule is CCCNC(COC(C)C(C)C)C1CCCC1. The maximum Gasteiger partial charge on any atom is 0.0626 e. The van der Waals surface area contributed by atoms with Gasteiger partial charge >= 0.3 is 0 Å². The third-order valence-corrected chi connectivity index (χ3v) is 4.10. The van der Waals surface area contributed by atoms with Gasteiger partial charge in [-0.2, -0.15) is 0 Å². The topological polar surface area (TPSA) is 21.3 Å². The molecule has 17 heavy (non-hydrogen) atoms. The molecule has 0 aromatic carbocycles. The summed E-state index contributed by atoms with van der Waals surface area (Å²) in [5, 5.41) is 3.68. The van der Waals surface area contributed by atoms with Crippen LogP contribution in [0, 0.1) is 11.8 Å². The fraction of sp³-hybridized carbons (Fsp3) is 1.00. The lowest BCUT2D eigenvalue weighted by Crippen LogP contribution is -2.40. The molecule has 1 aliphatic rings. The summed E-state index contributed by atoms with van der Waals surface area (Å²) >= 11 is 0. The molecule has 2 unspecified atom stereocenters. The van der Waals surface area contributed by atoms with E-state index >= 15 is 0 Å². The van der Waals surface area contributed by atoms with Gasteiger partial charge in [-0.15, -0.1) is 0 Å². The molecule has 102 valence electrons. The first kappa shape index (κ1) is 15.0. The molecule has 0 saturated heterocycles. The molecule has 1 saturated carbocycles. The molecule has 0 amide bonds. The van der Waals surface area contributed by atoms with Gasteiger partial charge in [-0.05, 0) is 44.6 Å². The molecule has 0 bridgehead atoms. The summed E-state index contributed by atoms with van der Waals surface area (Å²) in [5.41, 5.74) is 0. The molecule has 1 N–H and O–H groups in total. The third kappa shape index (κ3) is 5.39. The Morgan fingerprint density at radius 3 is 2.35 bits per heavy atom. The molecule has 0 spiro atoms. The summed E-state index contributed by atoms with van der Waals surface area (Å²) in [6.45, 7) is 10.9. The van der Waals surface area contributed by atoms with Gasteiger partial charge in [0, 0.05) is 6.04 Å². The Morgan fingerprint density at radius 1 is 1.18 bits per heavy atom. The Kier molecular flexibility index (Phi) is 7.14. The molecule has 0 aromatic heterocycles. The minimum Gasteiger partial charge on any atom is -0.377 e. The zero-order valence-corrected chi connectivity index (χ0v) is 12.2. The number of ether oxygens (including phenoxy) is 1. The van der Waals surface area contributed by atoms with Gasteiger partial charge in [0.1, 0.15) is 0 Å². The second-order valence-corrected chi connectivity index (χ2v) is 5.89. The zero-order chi connectivity index (χ0) is 12.7. The van der Waals surface area contributed by atoms with Crippen LogP contribution in [0.15, 0.2) is 0 Å². The highest BCUT2D eigenvalue weighted by molar-refractivity contribution is 4.80. The van der Waals surface area contributed by atoms with E-state index < -0.39 is 0 Å². The molecule has 2 nitrogen and oxygen atoms in total. The van der Waals surface area contributed by atoms with E-state index in [0.717, 1.165) is 19.1 Å². The first-order valence-electron chi connectivity index (χ1n) is 7.50. The summed E-state index contributed by atoms with van der Waals surface area (Å²) in [7, 11) is 0. The quantitative estimate of drug-likeness (QED) is 0.701. The van der Waals surface area contributed by atoms with Crippen molar-refractivity contribution in [3.8, 4) is 0 Å². The van der Waals surface area contributed by atoms with Gasteiger partial charge in [0.2, 0.25) is 0 Å². The van der Waals surface area contributed by atoms with Crippen LogP contribution in [0.5, 0.6) is 0 Å². The predicted molar refractivity (Wildman–Crippen MR) is 74.3 cm³/mol. The smallest absolute Gasteiger partial charge is 0.0626 e. The summed E-state index contributed by atoms with van der Waals surface area (Å²) in [5.74, 6) is 1.46. The minimum atomic E-state index is 0.377. The van der Waals surface area contributed by atoms with Gasteiger partial charge in [0.15, 0.2) is 0 Å². The highest BCUT2D eigenvalue weighted by atomic mass is 16.5. The molecule has 0 heterocycles. The molecular formula is C15H31NO. The number of rotatable bonds is 8. The van der Waals surface area contributed by atoms with Crippen molar-refractivity contribution in [1.29, 1.82) is 0 Å². The number of nitrogens with one attached hydrogen (secondary N) is 1. The van der Waals surface area contributed by atoms with Crippen molar-refractivity contribution in [3.63, 3.8) is 0 Å². The van der Waals surface area contributed by atoms with E-state index in [1.165, 1.54) is 32.1 Å². The molecular weight excluding hydrogens is 210 g/mol. The Bertz CT molecular complexity index is 187. The largest absolute Gasteiger partial charge is 0.377 e. The fourth-order valence-corrected chi connectivity index (χ4v) is 2.50. The Labute approximate surface area is 108 Å². The summed E-state index contributed by atoms with van der Waals surface area (Å²) < 4.78 is 6.01. The second kappa shape index (κ2) is 8.10. The van der Waals surface area contributed by atoms with Crippen molar-refractivity contribution in [2.75, 3.05) is 13.2 Å². The zero-order valence-electron chi connectivity index (χ0n) is 12.2. The standard InChI is InChI=1S/C15H31NO/c1-5-10-16-15(14-8-6-7-9-14)11-17-13(4)12(2)3/h12-16H,5-11H2,1-4H3. The van der Waals surface area contributed by atoms with Crippen molar-refractivity contribution < 1.29 is 4.74 Å². The number of hydrogen-bond donors (Lipinski definition) is 1. The van der Waals surface area contributed by atoms with Crippen molar-refractivity contribution in [2.24, 2.45) is 11.8 Å². The molecule has 0 aliphatic heterocycles. The highest BCUT2D eigenvalue weighted by Crippen LogP contribution is 2.28. The molecule has 2 heteroatoms. The molecule has 2 atom stereocenters. The van der Waals surface area contributed by atoms with Gasteiger partial charge < -0.3 is 10.1 Å².